The number of benzene rings is 2. The fourth-order valence-corrected chi connectivity index (χ4v) is 3.12. The molecule has 1 aliphatic rings. The lowest BCUT2D eigenvalue weighted by molar-refractivity contribution is -0.109. The van der Waals surface area contributed by atoms with Crippen LogP contribution in [0.2, 0.25) is 5.02 Å². The Morgan fingerprint density at radius 3 is 2.22 bits per heavy atom. The third-order valence-electron chi connectivity index (χ3n) is 3.71. The van der Waals surface area contributed by atoms with Crippen molar-refractivity contribution in [2.24, 2.45) is 0 Å². The summed E-state index contributed by atoms with van der Waals surface area (Å²) in [5.74, 6) is 0.243. The second-order valence-electron chi connectivity index (χ2n) is 4.68. The highest BCUT2D eigenvalue weighted by Crippen LogP contribution is 2.45. The van der Waals surface area contributed by atoms with E-state index in [0.29, 0.717) is 0 Å². The van der Waals surface area contributed by atoms with E-state index in [1.54, 1.807) is 0 Å². The second-order valence-corrected chi connectivity index (χ2v) is 5.09. The summed E-state index contributed by atoms with van der Waals surface area (Å²) in [6.07, 6.45) is 1.88. The summed E-state index contributed by atoms with van der Waals surface area (Å²) in [4.78, 5) is 11.2. The van der Waals surface area contributed by atoms with Crippen molar-refractivity contribution in [3.63, 3.8) is 0 Å². The Labute approximate surface area is 111 Å². The highest BCUT2D eigenvalue weighted by Gasteiger charge is 2.32. The molecule has 2 heteroatoms. The Hall–Kier alpha value is -1.60. The molecule has 0 amide bonds. The third kappa shape index (κ3) is 1.75. The number of carbonyl (C=O) groups excluding carboxylic acids is 1. The van der Waals surface area contributed by atoms with Gasteiger partial charge in [0.2, 0.25) is 0 Å². The quantitative estimate of drug-likeness (QED) is 0.738. The number of carbonyl (C=O) groups is 1. The zero-order valence-corrected chi connectivity index (χ0v) is 10.6. The molecule has 0 aliphatic heterocycles. The van der Waals surface area contributed by atoms with Crippen LogP contribution in [0.5, 0.6) is 0 Å². The summed E-state index contributed by atoms with van der Waals surface area (Å²) in [5, 5.41) is 0.781. The van der Waals surface area contributed by atoms with Crippen LogP contribution in [0.15, 0.2) is 48.5 Å². The van der Waals surface area contributed by atoms with Gasteiger partial charge in [-0.3, -0.25) is 0 Å². The van der Waals surface area contributed by atoms with Crippen molar-refractivity contribution < 1.29 is 4.79 Å². The van der Waals surface area contributed by atoms with Crippen LogP contribution in [-0.2, 0) is 4.79 Å². The van der Waals surface area contributed by atoms with E-state index in [1.807, 2.05) is 36.4 Å². The maximum atomic E-state index is 11.2. The van der Waals surface area contributed by atoms with Crippen molar-refractivity contribution in [2.45, 2.75) is 18.3 Å². The summed E-state index contributed by atoms with van der Waals surface area (Å²) in [6.45, 7) is 0. The van der Waals surface area contributed by atoms with Gasteiger partial charge in [0.05, 0.1) is 0 Å². The van der Waals surface area contributed by atoms with E-state index in [-0.39, 0.29) is 11.8 Å². The van der Waals surface area contributed by atoms with Crippen LogP contribution < -0.4 is 0 Å². The summed E-state index contributed by atoms with van der Waals surface area (Å²) in [7, 11) is 0. The van der Waals surface area contributed by atoms with Gasteiger partial charge in [0, 0.05) is 16.9 Å². The smallest absolute Gasteiger partial charge is 0.127 e. The molecule has 0 spiro atoms. The number of aldehydes is 1. The van der Waals surface area contributed by atoms with E-state index in [2.05, 4.69) is 12.1 Å². The first-order valence-electron chi connectivity index (χ1n) is 6.10. The van der Waals surface area contributed by atoms with E-state index in [0.717, 1.165) is 28.9 Å². The van der Waals surface area contributed by atoms with Gasteiger partial charge in [-0.15, -0.1) is 0 Å². The number of fused-ring (bicyclic) bond motifs is 1. The standard InChI is InChI=1S/C16H13ClO/c17-16-8-4-3-7-14(16)15-9-11(10-18)12-5-1-2-6-13(12)15/h1-8,10-11,15H,9H2. The van der Waals surface area contributed by atoms with Gasteiger partial charge in [-0.25, -0.2) is 0 Å². The first-order valence-corrected chi connectivity index (χ1v) is 6.47. The molecule has 0 bridgehead atoms. The first-order chi connectivity index (χ1) is 8.81. The van der Waals surface area contributed by atoms with E-state index >= 15 is 0 Å². The molecule has 2 atom stereocenters. The molecular formula is C16H13ClO. The zero-order valence-electron chi connectivity index (χ0n) is 9.84. The van der Waals surface area contributed by atoms with Crippen molar-refractivity contribution in [3.8, 4) is 0 Å². The summed E-state index contributed by atoms with van der Waals surface area (Å²) < 4.78 is 0. The van der Waals surface area contributed by atoms with Gasteiger partial charge in [0.25, 0.3) is 0 Å². The number of halogens is 1. The van der Waals surface area contributed by atoms with E-state index in [4.69, 9.17) is 11.6 Å². The lowest BCUT2D eigenvalue weighted by atomic mass is 9.93. The molecule has 0 heterocycles. The van der Waals surface area contributed by atoms with Crippen LogP contribution in [0.4, 0.5) is 0 Å². The lowest BCUT2D eigenvalue weighted by Crippen LogP contribution is -1.98. The van der Waals surface area contributed by atoms with Gasteiger partial charge in [0.1, 0.15) is 6.29 Å². The number of hydrogen-bond acceptors (Lipinski definition) is 1. The van der Waals surface area contributed by atoms with Gasteiger partial charge < -0.3 is 4.79 Å². The molecule has 2 unspecified atom stereocenters. The van der Waals surface area contributed by atoms with Crippen molar-refractivity contribution in [1.29, 1.82) is 0 Å². The van der Waals surface area contributed by atoms with Crippen molar-refractivity contribution in [1.82, 2.24) is 0 Å². The Morgan fingerprint density at radius 1 is 0.944 bits per heavy atom. The van der Waals surface area contributed by atoms with Crippen molar-refractivity contribution >= 4 is 17.9 Å². The third-order valence-corrected chi connectivity index (χ3v) is 4.05. The van der Waals surface area contributed by atoms with Gasteiger partial charge >= 0.3 is 0 Å². The van der Waals surface area contributed by atoms with E-state index in [1.165, 1.54) is 5.56 Å². The number of rotatable bonds is 2. The molecule has 18 heavy (non-hydrogen) atoms. The van der Waals surface area contributed by atoms with Crippen LogP contribution in [0.25, 0.3) is 0 Å². The fourth-order valence-electron chi connectivity index (χ4n) is 2.85. The highest BCUT2D eigenvalue weighted by atomic mass is 35.5. The van der Waals surface area contributed by atoms with Gasteiger partial charge in [-0.2, -0.15) is 0 Å². The molecule has 0 aromatic heterocycles. The molecule has 0 radical (unpaired) electrons. The topological polar surface area (TPSA) is 17.1 Å². The average molecular weight is 257 g/mol. The largest absolute Gasteiger partial charge is 0.303 e. The van der Waals surface area contributed by atoms with E-state index < -0.39 is 0 Å². The van der Waals surface area contributed by atoms with Crippen LogP contribution in [0.3, 0.4) is 0 Å². The Morgan fingerprint density at radius 2 is 1.56 bits per heavy atom. The molecule has 1 aliphatic carbocycles. The fraction of sp³-hybridized carbons (Fsp3) is 0.188. The van der Waals surface area contributed by atoms with Gasteiger partial charge in [-0.1, -0.05) is 54.1 Å². The summed E-state index contributed by atoms with van der Waals surface area (Å²) in [6, 6.07) is 16.1. The van der Waals surface area contributed by atoms with Crippen LogP contribution in [-0.4, -0.2) is 6.29 Å². The predicted octanol–water partition coefficient (Wildman–Crippen LogP) is 4.16. The Kier molecular flexibility index (Phi) is 2.92. The zero-order chi connectivity index (χ0) is 12.5. The predicted molar refractivity (Wildman–Crippen MR) is 73.2 cm³/mol. The lowest BCUT2D eigenvalue weighted by Gasteiger charge is -2.13. The van der Waals surface area contributed by atoms with Crippen LogP contribution >= 0.6 is 11.6 Å². The second kappa shape index (κ2) is 4.58. The molecule has 3 rings (SSSR count). The number of hydrogen-bond donors (Lipinski definition) is 0. The summed E-state index contributed by atoms with van der Waals surface area (Å²) in [5.41, 5.74) is 3.51. The van der Waals surface area contributed by atoms with E-state index in [9.17, 15) is 4.79 Å². The van der Waals surface area contributed by atoms with Gasteiger partial charge in [-0.05, 0) is 29.2 Å². The molecule has 90 valence electrons. The molecular weight excluding hydrogens is 244 g/mol. The maximum absolute atomic E-state index is 11.2. The SMILES string of the molecule is O=CC1CC(c2ccccc2Cl)c2ccccc21. The molecule has 0 saturated heterocycles. The molecule has 2 aromatic carbocycles. The average Bonchev–Trinajstić information content (AvgIpc) is 2.78. The molecule has 0 saturated carbocycles. The molecule has 2 aromatic rings. The minimum atomic E-state index is 0.00229. The van der Waals surface area contributed by atoms with Crippen LogP contribution in [0.1, 0.15) is 34.9 Å². The highest BCUT2D eigenvalue weighted by molar-refractivity contribution is 6.31. The monoisotopic (exact) mass is 256 g/mol. The minimum absolute atomic E-state index is 0.00229. The molecule has 0 fully saturated rings. The maximum Gasteiger partial charge on any atom is 0.127 e. The first kappa shape index (κ1) is 11.5. The van der Waals surface area contributed by atoms with Gasteiger partial charge in [0.15, 0.2) is 0 Å². The Balaban J connectivity index is 2.11. The normalized spacial score (nSPS) is 21.6. The molecule has 0 N–H and O–H groups in total. The minimum Gasteiger partial charge on any atom is -0.303 e. The van der Waals surface area contributed by atoms with Crippen molar-refractivity contribution in [2.75, 3.05) is 0 Å². The summed E-state index contributed by atoms with van der Waals surface area (Å²) >= 11 is 6.27. The van der Waals surface area contributed by atoms with Crippen LogP contribution in [0, 0.1) is 0 Å². The molecule has 1 nitrogen and oxygen atoms in total. The van der Waals surface area contributed by atoms with Crippen molar-refractivity contribution in [3.05, 3.63) is 70.2 Å². The Bertz CT molecular complexity index is 591.